The lowest BCUT2D eigenvalue weighted by molar-refractivity contribution is 0.791. The van der Waals surface area contributed by atoms with Crippen LogP contribution in [0.5, 0.6) is 0 Å². The van der Waals surface area contributed by atoms with Gasteiger partial charge in [0.2, 0.25) is 0 Å². The Morgan fingerprint density at radius 2 is 1.90 bits per heavy atom. The van der Waals surface area contributed by atoms with Crippen molar-refractivity contribution >= 4 is 11.6 Å². The van der Waals surface area contributed by atoms with Crippen LogP contribution < -0.4 is 5.73 Å². The molecule has 0 amide bonds. The van der Waals surface area contributed by atoms with Gasteiger partial charge in [-0.25, -0.2) is 4.98 Å². The van der Waals surface area contributed by atoms with Crippen molar-refractivity contribution in [3.63, 3.8) is 0 Å². The zero-order valence-electron chi connectivity index (χ0n) is 11.7. The van der Waals surface area contributed by atoms with Crippen molar-refractivity contribution in [1.82, 2.24) is 9.55 Å². The Bertz CT molecular complexity index is 750. The van der Waals surface area contributed by atoms with E-state index in [1.165, 1.54) is 0 Å². The molecule has 0 spiro atoms. The zero-order valence-corrected chi connectivity index (χ0v) is 12.5. The number of benzene rings is 2. The van der Waals surface area contributed by atoms with Crippen molar-refractivity contribution in [2.24, 2.45) is 5.73 Å². The number of hydrogen-bond acceptors (Lipinski definition) is 2. The number of nitrogens with zero attached hydrogens (tertiary/aromatic N) is 2. The van der Waals surface area contributed by atoms with E-state index in [4.69, 9.17) is 17.3 Å². The summed E-state index contributed by atoms with van der Waals surface area (Å²) in [6.45, 7) is 2.05. The molecular formula is C17H16ClN3. The monoisotopic (exact) mass is 297 g/mol. The van der Waals surface area contributed by atoms with Crippen LogP contribution in [0.1, 0.15) is 22.9 Å². The molecule has 3 nitrogen and oxygen atoms in total. The molecule has 1 atom stereocenters. The van der Waals surface area contributed by atoms with Gasteiger partial charge >= 0.3 is 0 Å². The molecule has 0 fully saturated rings. The van der Waals surface area contributed by atoms with E-state index in [0.717, 1.165) is 22.5 Å². The van der Waals surface area contributed by atoms with Crippen molar-refractivity contribution in [1.29, 1.82) is 0 Å². The third kappa shape index (κ3) is 2.71. The summed E-state index contributed by atoms with van der Waals surface area (Å²) in [6, 6.07) is 15.6. The molecule has 3 rings (SSSR count). The van der Waals surface area contributed by atoms with E-state index in [0.29, 0.717) is 5.02 Å². The second kappa shape index (κ2) is 5.72. The average molecular weight is 298 g/mol. The number of aromatic nitrogens is 2. The van der Waals surface area contributed by atoms with Crippen LogP contribution in [0.4, 0.5) is 0 Å². The lowest BCUT2D eigenvalue weighted by atomic mass is 10.0. The normalized spacial score (nSPS) is 12.3. The van der Waals surface area contributed by atoms with Crippen molar-refractivity contribution in [3.05, 3.63) is 82.9 Å². The molecule has 1 unspecified atom stereocenters. The number of aryl methyl sites for hydroxylation is 1. The summed E-state index contributed by atoms with van der Waals surface area (Å²) in [6.07, 6.45) is 3.58. The summed E-state index contributed by atoms with van der Waals surface area (Å²) in [4.78, 5) is 4.26. The number of nitrogens with two attached hydrogens (primary N) is 1. The van der Waals surface area contributed by atoms with Gasteiger partial charge in [0.25, 0.3) is 0 Å². The number of imidazole rings is 1. The second-order valence-electron chi connectivity index (χ2n) is 5.01. The van der Waals surface area contributed by atoms with Gasteiger partial charge in [0, 0.05) is 5.02 Å². The van der Waals surface area contributed by atoms with Crippen LogP contribution in [-0.2, 0) is 0 Å². The fraction of sp³-hybridized carbons (Fsp3) is 0.118. The van der Waals surface area contributed by atoms with Crippen LogP contribution in [-0.4, -0.2) is 9.55 Å². The summed E-state index contributed by atoms with van der Waals surface area (Å²) in [5.41, 5.74) is 10.5. The van der Waals surface area contributed by atoms with E-state index in [9.17, 15) is 0 Å². The van der Waals surface area contributed by atoms with Crippen LogP contribution in [0.3, 0.4) is 0 Å². The first-order valence-electron chi connectivity index (χ1n) is 6.76. The SMILES string of the molecule is Cc1ccc(Cl)cc1-n1cncc1C(N)c1ccccc1. The highest BCUT2D eigenvalue weighted by Gasteiger charge is 2.15. The molecule has 0 radical (unpaired) electrons. The Labute approximate surface area is 129 Å². The van der Waals surface area contributed by atoms with Crippen molar-refractivity contribution in [3.8, 4) is 5.69 Å². The van der Waals surface area contributed by atoms with Gasteiger partial charge in [0.1, 0.15) is 0 Å². The van der Waals surface area contributed by atoms with E-state index in [1.54, 1.807) is 12.5 Å². The summed E-state index contributed by atoms with van der Waals surface area (Å²) in [5, 5.41) is 0.698. The van der Waals surface area contributed by atoms with E-state index in [-0.39, 0.29) is 6.04 Å². The summed E-state index contributed by atoms with van der Waals surface area (Å²) < 4.78 is 2.00. The van der Waals surface area contributed by atoms with Gasteiger partial charge in [-0.15, -0.1) is 0 Å². The molecular weight excluding hydrogens is 282 g/mol. The van der Waals surface area contributed by atoms with Gasteiger partial charge in [0.05, 0.1) is 29.9 Å². The van der Waals surface area contributed by atoms with E-state index in [1.807, 2.05) is 60.0 Å². The highest BCUT2D eigenvalue weighted by molar-refractivity contribution is 6.30. The number of rotatable bonds is 3. The molecule has 0 bridgehead atoms. The topological polar surface area (TPSA) is 43.8 Å². The van der Waals surface area contributed by atoms with E-state index >= 15 is 0 Å². The first-order valence-corrected chi connectivity index (χ1v) is 7.14. The third-order valence-corrected chi connectivity index (χ3v) is 3.81. The minimum Gasteiger partial charge on any atom is -0.319 e. The molecule has 2 aromatic carbocycles. The molecule has 0 aliphatic carbocycles. The van der Waals surface area contributed by atoms with Crippen molar-refractivity contribution in [2.75, 3.05) is 0 Å². The van der Waals surface area contributed by atoms with Gasteiger partial charge in [-0.2, -0.15) is 0 Å². The van der Waals surface area contributed by atoms with Crippen LogP contribution in [0, 0.1) is 6.92 Å². The Morgan fingerprint density at radius 1 is 1.14 bits per heavy atom. The molecule has 4 heteroatoms. The first kappa shape index (κ1) is 13.9. The van der Waals surface area contributed by atoms with Gasteiger partial charge in [-0.1, -0.05) is 48.0 Å². The molecule has 3 aromatic rings. The van der Waals surface area contributed by atoms with Crippen LogP contribution >= 0.6 is 11.6 Å². The van der Waals surface area contributed by atoms with E-state index < -0.39 is 0 Å². The maximum absolute atomic E-state index is 6.39. The highest BCUT2D eigenvalue weighted by atomic mass is 35.5. The largest absolute Gasteiger partial charge is 0.319 e. The summed E-state index contributed by atoms with van der Waals surface area (Å²) in [5.74, 6) is 0. The minimum atomic E-state index is -0.230. The maximum atomic E-state index is 6.39. The molecule has 0 saturated heterocycles. The number of hydrogen-bond donors (Lipinski definition) is 1. The molecule has 0 aliphatic heterocycles. The minimum absolute atomic E-state index is 0.230. The maximum Gasteiger partial charge on any atom is 0.0994 e. The van der Waals surface area contributed by atoms with Gasteiger partial charge in [0.15, 0.2) is 0 Å². The fourth-order valence-corrected chi connectivity index (χ4v) is 2.58. The lowest BCUT2D eigenvalue weighted by Crippen LogP contribution is -2.16. The molecule has 0 aliphatic rings. The second-order valence-corrected chi connectivity index (χ2v) is 5.44. The fourth-order valence-electron chi connectivity index (χ4n) is 2.41. The van der Waals surface area contributed by atoms with Crippen molar-refractivity contribution in [2.45, 2.75) is 13.0 Å². The van der Waals surface area contributed by atoms with Crippen LogP contribution in [0.2, 0.25) is 5.02 Å². The highest BCUT2D eigenvalue weighted by Crippen LogP contribution is 2.25. The smallest absolute Gasteiger partial charge is 0.0994 e. The Kier molecular flexibility index (Phi) is 3.78. The lowest BCUT2D eigenvalue weighted by Gasteiger charge is -2.16. The zero-order chi connectivity index (χ0) is 14.8. The summed E-state index contributed by atoms with van der Waals surface area (Å²) in [7, 11) is 0. The molecule has 1 aromatic heterocycles. The Balaban J connectivity index is 2.07. The van der Waals surface area contributed by atoms with Crippen LogP contribution in [0.15, 0.2) is 61.1 Å². The Hall–Kier alpha value is -2.10. The molecule has 0 saturated carbocycles. The average Bonchev–Trinajstić information content (AvgIpc) is 2.99. The Morgan fingerprint density at radius 3 is 2.67 bits per heavy atom. The molecule has 1 heterocycles. The predicted octanol–water partition coefficient (Wildman–Crippen LogP) is 3.88. The van der Waals surface area contributed by atoms with Gasteiger partial charge in [-0.05, 0) is 30.2 Å². The standard InChI is InChI=1S/C17H16ClN3/c1-12-7-8-14(18)9-15(12)21-11-20-10-16(21)17(19)13-5-3-2-4-6-13/h2-11,17H,19H2,1H3. The third-order valence-electron chi connectivity index (χ3n) is 3.58. The van der Waals surface area contributed by atoms with Gasteiger partial charge < -0.3 is 10.3 Å². The van der Waals surface area contributed by atoms with Crippen molar-refractivity contribution < 1.29 is 0 Å². The van der Waals surface area contributed by atoms with Crippen LogP contribution in [0.25, 0.3) is 5.69 Å². The molecule has 21 heavy (non-hydrogen) atoms. The van der Waals surface area contributed by atoms with Gasteiger partial charge in [-0.3, -0.25) is 0 Å². The molecule has 2 N–H and O–H groups in total. The van der Waals surface area contributed by atoms with E-state index in [2.05, 4.69) is 4.98 Å². The predicted molar refractivity (Wildman–Crippen MR) is 85.8 cm³/mol. The quantitative estimate of drug-likeness (QED) is 0.797. The molecule has 106 valence electrons. The summed E-state index contributed by atoms with van der Waals surface area (Å²) >= 11 is 6.12. The number of halogens is 1. The first-order chi connectivity index (χ1) is 10.2.